The second kappa shape index (κ2) is 12.5. The predicted octanol–water partition coefficient (Wildman–Crippen LogP) is 4.27. The first-order chi connectivity index (χ1) is 17.1. The summed E-state index contributed by atoms with van der Waals surface area (Å²) < 4.78 is 19.8. The number of hydrogen-bond acceptors (Lipinski definition) is 7. The van der Waals surface area contributed by atoms with E-state index in [4.69, 9.17) is 4.74 Å². The Kier molecular flexibility index (Phi) is 8.94. The molecule has 2 aliphatic rings. The van der Waals surface area contributed by atoms with Gasteiger partial charge in [0.2, 0.25) is 0 Å². The number of carbonyl (C=O) groups is 1. The smallest absolute Gasteiger partial charge is 0.251 e. The zero-order valence-electron chi connectivity index (χ0n) is 19.5. The molecule has 7 nitrogen and oxygen atoms in total. The molecular weight excluding hydrogens is 465 g/mol. The van der Waals surface area contributed by atoms with Crippen molar-refractivity contribution in [2.45, 2.75) is 18.9 Å². The fourth-order valence-electron chi connectivity index (χ4n) is 3.77. The van der Waals surface area contributed by atoms with Crippen LogP contribution in [0.1, 0.15) is 23.2 Å². The Morgan fingerprint density at radius 1 is 1.17 bits per heavy atom. The molecule has 4 N–H and O–H groups in total. The van der Waals surface area contributed by atoms with Gasteiger partial charge in [-0.25, -0.2) is 9.37 Å². The number of carbonyl (C=O) groups excluding carboxylic acids is 1. The Bertz CT molecular complexity index is 1100. The van der Waals surface area contributed by atoms with Crippen molar-refractivity contribution in [3.05, 3.63) is 88.2 Å². The molecule has 0 radical (unpaired) electrons. The van der Waals surface area contributed by atoms with Crippen molar-refractivity contribution in [1.29, 1.82) is 0 Å². The van der Waals surface area contributed by atoms with E-state index in [1.54, 1.807) is 12.3 Å². The van der Waals surface area contributed by atoms with Crippen molar-refractivity contribution in [1.82, 2.24) is 15.6 Å². The number of halogens is 1. The van der Waals surface area contributed by atoms with Gasteiger partial charge in [0.1, 0.15) is 11.6 Å². The second-order valence-corrected chi connectivity index (χ2v) is 9.45. The lowest BCUT2D eigenvalue weighted by atomic mass is 10.1. The average molecular weight is 496 g/mol. The summed E-state index contributed by atoms with van der Waals surface area (Å²) in [5, 5.41) is 13.6. The molecule has 1 aromatic carbocycles. The third kappa shape index (κ3) is 7.68. The summed E-state index contributed by atoms with van der Waals surface area (Å²) in [7, 11) is 0. The minimum Gasteiger partial charge on any atom is -0.381 e. The van der Waals surface area contributed by atoms with Gasteiger partial charge in [-0.05, 0) is 60.9 Å². The fourth-order valence-corrected chi connectivity index (χ4v) is 4.77. The first-order valence-corrected chi connectivity index (χ1v) is 12.5. The number of rotatable bonds is 10. The molecule has 0 spiro atoms. The van der Waals surface area contributed by atoms with Gasteiger partial charge in [0.25, 0.3) is 5.91 Å². The Labute approximate surface area is 209 Å². The van der Waals surface area contributed by atoms with Crippen LogP contribution in [0.25, 0.3) is 0 Å². The zero-order chi connectivity index (χ0) is 24.5. The van der Waals surface area contributed by atoms with Gasteiger partial charge in [-0.2, -0.15) is 0 Å². The van der Waals surface area contributed by atoms with Crippen molar-refractivity contribution >= 4 is 29.2 Å². The monoisotopic (exact) mass is 495 g/mol. The van der Waals surface area contributed by atoms with E-state index in [9.17, 15) is 9.18 Å². The number of aromatic nitrogens is 1. The fraction of sp³-hybridized carbons (Fsp3) is 0.308. The van der Waals surface area contributed by atoms with Crippen LogP contribution >= 0.6 is 11.8 Å². The lowest BCUT2D eigenvalue weighted by Gasteiger charge is -2.23. The average Bonchev–Trinajstić information content (AvgIpc) is 2.87. The minimum atomic E-state index is -0.412. The number of amides is 1. The molecule has 0 bridgehead atoms. The molecule has 0 atom stereocenters. The third-order valence-electron chi connectivity index (χ3n) is 5.57. The first-order valence-electron chi connectivity index (χ1n) is 11.7. The standard InChI is InChI=1S/C26H30FN5O2S/c1-18-14-21(35-25(15-18)32-24-4-2-3-9-29-24)17-31-23-16-19(5-6-22(23)27)26(33)30-11-10-28-20-7-12-34-13-8-20/h2-6,9,14-16,20,28,31H,1,7-8,10-13,17H2,(H,29,32)(H,30,33). The minimum absolute atomic E-state index is 0.230. The lowest BCUT2D eigenvalue weighted by molar-refractivity contribution is 0.0778. The van der Waals surface area contributed by atoms with Crippen LogP contribution in [-0.4, -0.2) is 49.8 Å². The van der Waals surface area contributed by atoms with Gasteiger partial charge in [-0.3, -0.25) is 4.79 Å². The first kappa shape index (κ1) is 25.0. The Morgan fingerprint density at radius 2 is 2.03 bits per heavy atom. The van der Waals surface area contributed by atoms with Crippen molar-refractivity contribution in [3.63, 3.8) is 0 Å². The molecule has 1 aromatic heterocycles. The largest absolute Gasteiger partial charge is 0.381 e. The number of allylic oxidation sites excluding steroid dienone is 3. The molecular formula is C26H30FN5O2S. The SMILES string of the molecule is C=C1C=C(CNc2cc(C(=O)NCCNC3CCOCC3)ccc2F)SC(Nc2ccccn2)=C1. The number of ether oxygens (including phenoxy) is 1. The molecule has 35 heavy (non-hydrogen) atoms. The van der Waals surface area contributed by atoms with Crippen LogP contribution in [0.15, 0.2) is 76.8 Å². The summed E-state index contributed by atoms with van der Waals surface area (Å²) in [6.45, 7) is 7.16. The summed E-state index contributed by atoms with van der Waals surface area (Å²) in [5.74, 6) is 0.0950. The highest BCUT2D eigenvalue weighted by atomic mass is 32.2. The number of nitrogens with zero attached hydrogens (tertiary/aromatic N) is 1. The number of benzene rings is 1. The molecule has 3 heterocycles. The van der Waals surface area contributed by atoms with Crippen molar-refractivity contribution < 1.29 is 13.9 Å². The van der Waals surface area contributed by atoms with E-state index in [1.807, 2.05) is 30.4 Å². The van der Waals surface area contributed by atoms with Crippen LogP contribution in [0.2, 0.25) is 0 Å². The van der Waals surface area contributed by atoms with E-state index in [-0.39, 0.29) is 11.6 Å². The van der Waals surface area contributed by atoms with E-state index < -0.39 is 5.82 Å². The molecule has 0 aliphatic carbocycles. The third-order valence-corrected chi connectivity index (χ3v) is 6.53. The van der Waals surface area contributed by atoms with Gasteiger partial charge < -0.3 is 26.0 Å². The Morgan fingerprint density at radius 3 is 2.83 bits per heavy atom. The molecule has 9 heteroatoms. The number of pyridine rings is 1. The molecule has 4 rings (SSSR count). The number of nitrogens with one attached hydrogen (secondary N) is 4. The van der Waals surface area contributed by atoms with Gasteiger partial charge >= 0.3 is 0 Å². The topological polar surface area (TPSA) is 87.3 Å². The molecule has 1 amide bonds. The Hall–Kier alpha value is -3.14. The highest BCUT2D eigenvalue weighted by Crippen LogP contribution is 2.32. The van der Waals surface area contributed by atoms with E-state index in [0.29, 0.717) is 31.2 Å². The van der Waals surface area contributed by atoms with Crippen LogP contribution in [-0.2, 0) is 4.74 Å². The van der Waals surface area contributed by atoms with Gasteiger partial charge in [0, 0.05) is 55.6 Å². The maximum absolute atomic E-state index is 14.5. The summed E-state index contributed by atoms with van der Waals surface area (Å²) in [4.78, 5) is 17.8. The van der Waals surface area contributed by atoms with E-state index >= 15 is 0 Å². The van der Waals surface area contributed by atoms with Crippen molar-refractivity contribution in [3.8, 4) is 0 Å². The van der Waals surface area contributed by atoms with E-state index in [1.165, 1.54) is 23.9 Å². The van der Waals surface area contributed by atoms with Gasteiger partial charge in [-0.1, -0.05) is 24.4 Å². The quantitative estimate of drug-likeness (QED) is 0.366. The summed E-state index contributed by atoms with van der Waals surface area (Å²) in [6, 6.07) is 10.4. The summed E-state index contributed by atoms with van der Waals surface area (Å²) >= 11 is 1.52. The molecule has 0 saturated carbocycles. The van der Waals surface area contributed by atoms with Crippen LogP contribution in [0.4, 0.5) is 15.9 Å². The number of anilines is 2. The van der Waals surface area contributed by atoms with E-state index in [2.05, 4.69) is 32.8 Å². The van der Waals surface area contributed by atoms with Crippen LogP contribution in [0.3, 0.4) is 0 Å². The molecule has 2 aliphatic heterocycles. The molecule has 1 saturated heterocycles. The molecule has 1 fully saturated rings. The number of thioether (sulfide) groups is 1. The predicted molar refractivity (Wildman–Crippen MR) is 140 cm³/mol. The van der Waals surface area contributed by atoms with Crippen molar-refractivity contribution in [2.75, 3.05) is 43.5 Å². The van der Waals surface area contributed by atoms with E-state index in [0.717, 1.165) is 47.4 Å². The molecule has 0 unspecified atom stereocenters. The molecule has 2 aromatic rings. The highest BCUT2D eigenvalue weighted by Gasteiger charge is 2.15. The second-order valence-electron chi connectivity index (χ2n) is 8.28. The molecule has 184 valence electrons. The summed E-state index contributed by atoms with van der Waals surface area (Å²) in [5.41, 5.74) is 1.52. The number of hydrogen-bond donors (Lipinski definition) is 4. The van der Waals surface area contributed by atoms with Gasteiger partial charge in [-0.15, -0.1) is 0 Å². The van der Waals surface area contributed by atoms with Crippen LogP contribution < -0.4 is 21.3 Å². The van der Waals surface area contributed by atoms with Crippen LogP contribution in [0, 0.1) is 5.82 Å². The lowest BCUT2D eigenvalue weighted by Crippen LogP contribution is -2.39. The zero-order valence-corrected chi connectivity index (χ0v) is 20.3. The van der Waals surface area contributed by atoms with Crippen molar-refractivity contribution in [2.24, 2.45) is 0 Å². The highest BCUT2D eigenvalue weighted by molar-refractivity contribution is 8.06. The van der Waals surface area contributed by atoms with Crippen LogP contribution in [0.5, 0.6) is 0 Å². The normalized spacial score (nSPS) is 16.3. The van der Waals surface area contributed by atoms with Gasteiger partial charge in [0.05, 0.1) is 10.7 Å². The summed E-state index contributed by atoms with van der Waals surface area (Å²) in [6.07, 6.45) is 7.57. The Balaban J connectivity index is 1.27. The maximum Gasteiger partial charge on any atom is 0.251 e. The van der Waals surface area contributed by atoms with Gasteiger partial charge in [0.15, 0.2) is 0 Å². The maximum atomic E-state index is 14.5.